The zero-order chi connectivity index (χ0) is 29.2. The lowest BCUT2D eigenvalue weighted by atomic mass is 9.83. The molecule has 1 aliphatic rings. The van der Waals surface area contributed by atoms with Crippen LogP contribution in [-0.4, -0.2) is 42.2 Å². The molecule has 0 bridgehead atoms. The molecule has 0 saturated heterocycles. The number of hydrogen-bond acceptors (Lipinski definition) is 6. The summed E-state index contributed by atoms with van der Waals surface area (Å²) in [6.45, 7) is 4.29. The highest BCUT2D eigenvalue weighted by atomic mass is 19.1. The Hall–Kier alpha value is -4.73. The Morgan fingerprint density at radius 3 is 2.61 bits per heavy atom. The maximum Gasteiger partial charge on any atom is 0.252 e. The normalized spacial score (nSPS) is 17.6. The molecule has 212 valence electrons. The molecule has 4 rings (SSSR count). The van der Waals surface area contributed by atoms with Crippen molar-refractivity contribution < 1.29 is 28.2 Å². The van der Waals surface area contributed by atoms with E-state index in [9.17, 15) is 13.6 Å². The molecule has 41 heavy (non-hydrogen) atoms. The molecular formula is C30H29F2N5O4. The number of aliphatic hydroxyl groups is 1. The molecule has 0 aliphatic carbocycles. The van der Waals surface area contributed by atoms with Crippen molar-refractivity contribution >= 4 is 17.5 Å². The third kappa shape index (κ3) is 6.89. The SMILES string of the molecule is C=CC[C@@]1(C(=O)NCCc2cc(F)cc(F)c2)N=C(c2ccc(OCCCO)cc2)O[C@@H]1c1ccccc1N=[N+]=[N-]. The molecule has 3 aromatic carbocycles. The molecule has 1 aliphatic heterocycles. The van der Waals surface area contributed by atoms with Crippen LogP contribution in [0.5, 0.6) is 5.75 Å². The van der Waals surface area contributed by atoms with E-state index >= 15 is 0 Å². The Morgan fingerprint density at radius 1 is 1.20 bits per heavy atom. The molecule has 2 atom stereocenters. The lowest BCUT2D eigenvalue weighted by Crippen LogP contribution is -2.48. The van der Waals surface area contributed by atoms with Gasteiger partial charge in [0.2, 0.25) is 5.90 Å². The predicted molar refractivity (Wildman–Crippen MR) is 150 cm³/mol. The number of azide groups is 1. The van der Waals surface area contributed by atoms with Gasteiger partial charge in [-0.1, -0.05) is 35.5 Å². The van der Waals surface area contributed by atoms with Crippen LogP contribution in [0.3, 0.4) is 0 Å². The van der Waals surface area contributed by atoms with Crippen LogP contribution in [-0.2, 0) is 16.0 Å². The van der Waals surface area contributed by atoms with Gasteiger partial charge in [0.15, 0.2) is 11.6 Å². The number of ether oxygens (including phenoxy) is 2. The third-order valence-corrected chi connectivity index (χ3v) is 6.48. The number of nitrogens with zero attached hydrogens (tertiary/aromatic N) is 4. The van der Waals surface area contributed by atoms with Crippen LogP contribution in [0, 0.1) is 11.6 Å². The number of amides is 1. The summed E-state index contributed by atoms with van der Waals surface area (Å²) >= 11 is 0. The molecule has 0 aromatic heterocycles. The summed E-state index contributed by atoms with van der Waals surface area (Å²) < 4.78 is 39.2. The highest BCUT2D eigenvalue weighted by Gasteiger charge is 2.52. The molecule has 9 nitrogen and oxygen atoms in total. The van der Waals surface area contributed by atoms with Gasteiger partial charge in [0.1, 0.15) is 17.4 Å². The minimum absolute atomic E-state index is 0.0218. The van der Waals surface area contributed by atoms with Crippen LogP contribution in [0.2, 0.25) is 0 Å². The van der Waals surface area contributed by atoms with Gasteiger partial charge in [0.05, 0.1) is 6.61 Å². The van der Waals surface area contributed by atoms with Crippen molar-refractivity contribution in [2.75, 3.05) is 19.8 Å². The number of halogens is 2. The van der Waals surface area contributed by atoms with Gasteiger partial charge >= 0.3 is 0 Å². The van der Waals surface area contributed by atoms with Crippen LogP contribution >= 0.6 is 0 Å². The maximum atomic E-state index is 13.9. The topological polar surface area (TPSA) is 129 Å². The maximum absolute atomic E-state index is 13.9. The van der Waals surface area contributed by atoms with Crippen molar-refractivity contribution in [1.82, 2.24) is 5.32 Å². The van der Waals surface area contributed by atoms with Crippen molar-refractivity contribution in [1.29, 1.82) is 0 Å². The van der Waals surface area contributed by atoms with E-state index in [4.69, 9.17) is 25.1 Å². The van der Waals surface area contributed by atoms with E-state index < -0.39 is 29.2 Å². The Morgan fingerprint density at radius 2 is 1.93 bits per heavy atom. The first-order valence-corrected chi connectivity index (χ1v) is 13.0. The summed E-state index contributed by atoms with van der Waals surface area (Å²) in [5, 5.41) is 15.6. The highest BCUT2D eigenvalue weighted by molar-refractivity contribution is 6.01. The van der Waals surface area contributed by atoms with Crippen LogP contribution < -0.4 is 10.1 Å². The average molecular weight is 562 g/mol. The number of aliphatic hydroxyl groups excluding tert-OH is 1. The predicted octanol–water partition coefficient (Wildman–Crippen LogP) is 5.86. The van der Waals surface area contributed by atoms with Gasteiger partial charge in [0, 0.05) is 53.8 Å². The molecule has 0 fully saturated rings. The molecule has 0 unspecified atom stereocenters. The van der Waals surface area contributed by atoms with Gasteiger partial charge < -0.3 is 19.9 Å². The Labute approximate surface area is 235 Å². The highest BCUT2D eigenvalue weighted by Crippen LogP contribution is 2.45. The number of nitrogens with one attached hydrogen (secondary N) is 1. The molecule has 0 saturated carbocycles. The number of rotatable bonds is 13. The number of aliphatic imine (C=N–C) groups is 1. The van der Waals surface area contributed by atoms with Crippen molar-refractivity contribution in [2.45, 2.75) is 30.9 Å². The van der Waals surface area contributed by atoms with E-state index in [1.807, 2.05) is 0 Å². The van der Waals surface area contributed by atoms with Crippen molar-refractivity contribution in [3.63, 3.8) is 0 Å². The van der Waals surface area contributed by atoms with Gasteiger partial charge in [-0.05, 0) is 53.9 Å². The number of hydrogen-bond donors (Lipinski definition) is 2. The fraction of sp³-hybridized carbons (Fsp3) is 0.267. The van der Waals surface area contributed by atoms with Gasteiger partial charge in [-0.25, -0.2) is 13.8 Å². The first-order valence-electron chi connectivity index (χ1n) is 13.0. The van der Waals surface area contributed by atoms with Gasteiger partial charge in [-0.15, -0.1) is 6.58 Å². The summed E-state index contributed by atoms with van der Waals surface area (Å²) in [5.74, 6) is -1.11. The van der Waals surface area contributed by atoms with Crippen LogP contribution in [0.15, 0.2) is 89.5 Å². The third-order valence-electron chi connectivity index (χ3n) is 6.48. The van der Waals surface area contributed by atoms with E-state index in [0.717, 1.165) is 6.07 Å². The molecule has 0 radical (unpaired) electrons. The fourth-order valence-corrected chi connectivity index (χ4v) is 4.59. The molecule has 1 amide bonds. The minimum Gasteiger partial charge on any atom is -0.494 e. The van der Waals surface area contributed by atoms with Gasteiger partial charge in [-0.3, -0.25) is 4.79 Å². The Balaban J connectivity index is 1.67. The average Bonchev–Trinajstić information content (AvgIpc) is 3.34. The molecule has 3 aromatic rings. The number of benzene rings is 3. The largest absolute Gasteiger partial charge is 0.494 e. The van der Waals surface area contributed by atoms with Crippen LogP contribution in [0.25, 0.3) is 10.4 Å². The second-order valence-electron chi connectivity index (χ2n) is 9.31. The van der Waals surface area contributed by atoms with Crippen molar-refractivity contribution in [3.05, 3.63) is 118 Å². The summed E-state index contributed by atoms with van der Waals surface area (Å²) in [5.41, 5.74) is 9.32. The van der Waals surface area contributed by atoms with E-state index in [0.29, 0.717) is 35.5 Å². The Bertz CT molecular complexity index is 1450. The molecule has 0 spiro atoms. The number of carbonyl (C=O) groups is 1. The molecule has 2 N–H and O–H groups in total. The zero-order valence-corrected chi connectivity index (χ0v) is 22.2. The van der Waals surface area contributed by atoms with Gasteiger partial charge in [-0.2, -0.15) is 0 Å². The Kier molecular flexibility index (Phi) is 9.68. The van der Waals surface area contributed by atoms with E-state index in [-0.39, 0.29) is 37.6 Å². The lowest BCUT2D eigenvalue weighted by molar-refractivity contribution is -0.128. The monoisotopic (exact) mass is 561 g/mol. The summed E-state index contributed by atoms with van der Waals surface area (Å²) in [6, 6.07) is 16.9. The van der Waals surface area contributed by atoms with Gasteiger partial charge in [0.25, 0.3) is 5.91 Å². The second-order valence-corrected chi connectivity index (χ2v) is 9.31. The summed E-state index contributed by atoms with van der Waals surface area (Å²) in [4.78, 5) is 21.6. The first kappa shape index (κ1) is 29.3. The molecule has 1 heterocycles. The smallest absolute Gasteiger partial charge is 0.252 e. The zero-order valence-electron chi connectivity index (χ0n) is 22.2. The standard InChI is InChI=1S/C30H29F2N5O4/c1-2-13-30(29(39)34-14-12-20-17-22(31)19-23(32)18-20)27(25-6-3-4-7-26(25)36-37-33)41-28(35-30)21-8-10-24(11-9-21)40-16-5-15-38/h2-4,6-11,17-19,27,38H,1,5,12-16H2,(H,34,39)/t27-,30-/m1/s1. The minimum atomic E-state index is -1.53. The fourth-order valence-electron chi connectivity index (χ4n) is 4.59. The van der Waals surface area contributed by atoms with Crippen molar-refractivity contribution in [3.8, 4) is 5.75 Å². The van der Waals surface area contributed by atoms with Crippen LogP contribution in [0.1, 0.15) is 35.6 Å². The van der Waals surface area contributed by atoms with Crippen LogP contribution in [0.4, 0.5) is 14.5 Å². The van der Waals surface area contributed by atoms with E-state index in [2.05, 4.69) is 21.9 Å². The lowest BCUT2D eigenvalue weighted by Gasteiger charge is -2.30. The second kappa shape index (κ2) is 13.6. The van der Waals surface area contributed by atoms with Crippen molar-refractivity contribution in [2.24, 2.45) is 10.1 Å². The summed E-state index contributed by atoms with van der Waals surface area (Å²) in [7, 11) is 0. The number of carbonyl (C=O) groups excluding carboxylic acids is 1. The summed E-state index contributed by atoms with van der Waals surface area (Å²) in [6.07, 6.45) is 1.33. The molecular weight excluding hydrogens is 532 g/mol. The van der Waals surface area contributed by atoms with E-state index in [1.165, 1.54) is 12.1 Å². The molecule has 11 heteroatoms. The first-order chi connectivity index (χ1) is 19.9. The van der Waals surface area contributed by atoms with E-state index in [1.54, 1.807) is 54.6 Å². The quantitative estimate of drug-likeness (QED) is 0.0890.